The summed E-state index contributed by atoms with van der Waals surface area (Å²) in [6, 6.07) is 0. The number of hydrogen-bond acceptors (Lipinski definition) is 5. The summed E-state index contributed by atoms with van der Waals surface area (Å²) in [5.41, 5.74) is 0.599. The van der Waals surface area contributed by atoms with Crippen LogP contribution in [0.1, 0.15) is 20.3 Å². The molecule has 0 unspecified atom stereocenters. The fraction of sp³-hybridized carbons (Fsp3) is 0.467. The van der Waals surface area contributed by atoms with E-state index >= 15 is 0 Å². The van der Waals surface area contributed by atoms with Gasteiger partial charge in [-0.15, -0.1) is 0 Å². The van der Waals surface area contributed by atoms with E-state index in [1.165, 1.54) is 19.3 Å². The topological polar surface area (TPSA) is 82.1 Å². The Labute approximate surface area is 124 Å². The van der Waals surface area contributed by atoms with Crippen LogP contribution in [0.25, 0.3) is 0 Å². The summed E-state index contributed by atoms with van der Waals surface area (Å²) in [5.74, 6) is -1.50. The fourth-order valence-electron chi connectivity index (χ4n) is 1.18. The number of aliphatic carboxylic acids is 1. The van der Waals surface area contributed by atoms with Gasteiger partial charge in [0.2, 0.25) is 0 Å². The Hall–Kier alpha value is -2.08. The zero-order valence-electron chi connectivity index (χ0n) is 12.5. The minimum Gasteiger partial charge on any atom is -0.499 e. The molecule has 0 saturated carbocycles. The highest BCUT2D eigenvalue weighted by atomic mass is 16.5. The SMILES string of the molecule is C=COCCOCCC=C(C)C(=O)OCC=C(C)C(=O)O. The molecule has 0 radical (unpaired) electrons. The third-order valence-electron chi connectivity index (χ3n) is 2.44. The van der Waals surface area contributed by atoms with Crippen LogP contribution in [0.15, 0.2) is 36.1 Å². The Morgan fingerprint density at radius 1 is 1.10 bits per heavy atom. The molecule has 0 spiro atoms. The van der Waals surface area contributed by atoms with Crippen molar-refractivity contribution in [1.29, 1.82) is 0 Å². The highest BCUT2D eigenvalue weighted by molar-refractivity contribution is 5.88. The van der Waals surface area contributed by atoms with Crippen LogP contribution in [0.2, 0.25) is 0 Å². The molecule has 6 heteroatoms. The Balaban J connectivity index is 3.87. The summed E-state index contributed by atoms with van der Waals surface area (Å²) in [4.78, 5) is 22.1. The van der Waals surface area contributed by atoms with E-state index in [0.29, 0.717) is 31.8 Å². The number of carboxylic acids is 1. The minimum absolute atomic E-state index is 0.0580. The zero-order valence-corrected chi connectivity index (χ0v) is 12.5. The van der Waals surface area contributed by atoms with Crippen molar-refractivity contribution in [3.8, 4) is 0 Å². The predicted molar refractivity (Wildman–Crippen MR) is 77.7 cm³/mol. The number of rotatable bonds is 11. The lowest BCUT2D eigenvalue weighted by Crippen LogP contribution is -2.08. The number of carbonyl (C=O) groups is 2. The first-order valence-corrected chi connectivity index (χ1v) is 6.53. The maximum Gasteiger partial charge on any atom is 0.333 e. The van der Waals surface area contributed by atoms with Gasteiger partial charge in [-0.1, -0.05) is 12.7 Å². The second-order valence-electron chi connectivity index (χ2n) is 4.12. The molecule has 1 N–H and O–H groups in total. The molecule has 0 rings (SSSR count). The van der Waals surface area contributed by atoms with E-state index in [2.05, 4.69) is 6.58 Å². The van der Waals surface area contributed by atoms with Crippen molar-refractivity contribution in [2.45, 2.75) is 20.3 Å². The summed E-state index contributed by atoms with van der Waals surface area (Å²) >= 11 is 0. The van der Waals surface area contributed by atoms with Crippen LogP contribution in [-0.2, 0) is 23.8 Å². The lowest BCUT2D eigenvalue weighted by atomic mass is 10.2. The third kappa shape index (κ3) is 10.4. The molecule has 21 heavy (non-hydrogen) atoms. The molecule has 6 nitrogen and oxygen atoms in total. The Bertz CT molecular complexity index is 408. The molecular weight excluding hydrogens is 276 g/mol. The number of ether oxygens (including phenoxy) is 3. The van der Waals surface area contributed by atoms with Crippen LogP contribution in [0.4, 0.5) is 0 Å². The number of carboxylic acid groups (broad SMARTS) is 1. The monoisotopic (exact) mass is 298 g/mol. The van der Waals surface area contributed by atoms with E-state index in [1.807, 2.05) is 0 Å². The second-order valence-corrected chi connectivity index (χ2v) is 4.12. The zero-order chi connectivity index (χ0) is 16.1. The van der Waals surface area contributed by atoms with E-state index < -0.39 is 11.9 Å². The quantitative estimate of drug-likeness (QED) is 0.272. The predicted octanol–water partition coefficient (Wildman–Crippen LogP) is 2.07. The Kier molecular flexibility index (Phi) is 10.6. The standard InChI is InChI=1S/C15H22O6/c1-4-19-10-11-20-8-5-6-13(3)15(18)21-9-7-12(2)14(16)17/h4,6-7H,1,5,8-11H2,2-3H3,(H,16,17). The van der Waals surface area contributed by atoms with Gasteiger partial charge in [0.1, 0.15) is 13.2 Å². The van der Waals surface area contributed by atoms with Gasteiger partial charge in [-0.05, 0) is 26.3 Å². The molecule has 0 fully saturated rings. The first-order chi connectivity index (χ1) is 9.99. The van der Waals surface area contributed by atoms with Crippen LogP contribution in [0.5, 0.6) is 0 Å². The fourth-order valence-corrected chi connectivity index (χ4v) is 1.18. The van der Waals surface area contributed by atoms with Crippen molar-refractivity contribution in [2.24, 2.45) is 0 Å². The van der Waals surface area contributed by atoms with Gasteiger partial charge >= 0.3 is 11.9 Å². The first-order valence-electron chi connectivity index (χ1n) is 6.53. The molecule has 0 amide bonds. The van der Waals surface area contributed by atoms with E-state index in [4.69, 9.17) is 19.3 Å². The summed E-state index contributed by atoms with van der Waals surface area (Å²) in [5, 5.41) is 8.63. The lowest BCUT2D eigenvalue weighted by Gasteiger charge is -2.04. The normalized spacial score (nSPS) is 11.9. The van der Waals surface area contributed by atoms with Gasteiger partial charge in [-0.25, -0.2) is 9.59 Å². The van der Waals surface area contributed by atoms with Gasteiger partial charge in [0.15, 0.2) is 0 Å². The van der Waals surface area contributed by atoms with Gasteiger partial charge in [-0.3, -0.25) is 0 Å². The van der Waals surface area contributed by atoms with Crippen molar-refractivity contribution in [1.82, 2.24) is 0 Å². The molecule has 0 bridgehead atoms. The molecule has 0 aliphatic heterocycles. The van der Waals surface area contributed by atoms with Crippen LogP contribution in [0, 0.1) is 0 Å². The average Bonchev–Trinajstić information content (AvgIpc) is 2.45. The van der Waals surface area contributed by atoms with Gasteiger partial charge in [0.05, 0.1) is 19.5 Å². The third-order valence-corrected chi connectivity index (χ3v) is 2.44. The minimum atomic E-state index is -1.03. The van der Waals surface area contributed by atoms with E-state index in [1.54, 1.807) is 13.0 Å². The van der Waals surface area contributed by atoms with Gasteiger partial charge in [0.25, 0.3) is 0 Å². The van der Waals surface area contributed by atoms with Crippen molar-refractivity contribution in [2.75, 3.05) is 26.4 Å². The van der Waals surface area contributed by atoms with Crippen molar-refractivity contribution in [3.05, 3.63) is 36.1 Å². The second kappa shape index (κ2) is 11.7. The highest BCUT2D eigenvalue weighted by Crippen LogP contribution is 2.01. The number of hydrogen-bond donors (Lipinski definition) is 1. The molecule has 0 saturated heterocycles. The van der Waals surface area contributed by atoms with Crippen molar-refractivity contribution in [3.63, 3.8) is 0 Å². The maximum absolute atomic E-state index is 11.6. The van der Waals surface area contributed by atoms with Gasteiger partial charge < -0.3 is 19.3 Å². The van der Waals surface area contributed by atoms with E-state index in [9.17, 15) is 9.59 Å². The maximum atomic E-state index is 11.6. The molecule has 0 aliphatic rings. The van der Waals surface area contributed by atoms with Crippen LogP contribution in [-0.4, -0.2) is 43.5 Å². The molecule has 0 atom stereocenters. The van der Waals surface area contributed by atoms with Crippen LogP contribution >= 0.6 is 0 Å². The average molecular weight is 298 g/mol. The Morgan fingerprint density at radius 3 is 2.43 bits per heavy atom. The molecule has 118 valence electrons. The van der Waals surface area contributed by atoms with Gasteiger partial charge in [-0.2, -0.15) is 0 Å². The number of esters is 1. The smallest absolute Gasteiger partial charge is 0.333 e. The lowest BCUT2D eigenvalue weighted by molar-refractivity contribution is -0.138. The largest absolute Gasteiger partial charge is 0.499 e. The molecule has 0 heterocycles. The summed E-state index contributed by atoms with van der Waals surface area (Å²) < 4.78 is 15.1. The van der Waals surface area contributed by atoms with E-state index in [-0.39, 0.29) is 12.2 Å². The van der Waals surface area contributed by atoms with E-state index in [0.717, 1.165) is 0 Å². The molecule has 0 aromatic heterocycles. The number of carbonyl (C=O) groups excluding carboxylic acids is 1. The summed E-state index contributed by atoms with van der Waals surface area (Å²) in [6.07, 6.45) is 4.99. The van der Waals surface area contributed by atoms with Crippen molar-refractivity contribution < 1.29 is 28.9 Å². The first kappa shape index (κ1) is 18.9. The molecule has 0 aliphatic carbocycles. The Morgan fingerprint density at radius 2 is 1.81 bits per heavy atom. The molecule has 0 aromatic carbocycles. The molecule has 0 aromatic rings. The van der Waals surface area contributed by atoms with Crippen LogP contribution < -0.4 is 0 Å². The summed E-state index contributed by atoms with van der Waals surface area (Å²) in [7, 11) is 0. The highest BCUT2D eigenvalue weighted by Gasteiger charge is 2.05. The van der Waals surface area contributed by atoms with Crippen LogP contribution in [0.3, 0.4) is 0 Å². The van der Waals surface area contributed by atoms with Crippen molar-refractivity contribution >= 4 is 11.9 Å². The molecular formula is C15H22O6. The van der Waals surface area contributed by atoms with Gasteiger partial charge in [0, 0.05) is 11.1 Å². The summed E-state index contributed by atoms with van der Waals surface area (Å²) in [6.45, 7) is 7.81.